The fourth-order valence-corrected chi connectivity index (χ4v) is 2.01. The van der Waals surface area contributed by atoms with Gasteiger partial charge in [0.25, 0.3) is 0 Å². The molecule has 0 aliphatic heterocycles. The van der Waals surface area contributed by atoms with Gasteiger partial charge in [-0.2, -0.15) is 0 Å². The first-order valence-electron chi connectivity index (χ1n) is 6.10. The Bertz CT molecular complexity index is 458. The Labute approximate surface area is 104 Å². The molecule has 0 saturated heterocycles. The van der Waals surface area contributed by atoms with Gasteiger partial charge in [0, 0.05) is 0 Å². The zero-order valence-electron chi connectivity index (χ0n) is 10.8. The molecule has 0 aliphatic rings. The van der Waals surface area contributed by atoms with Gasteiger partial charge in [-0.05, 0) is 34.6 Å². The van der Waals surface area contributed by atoms with Crippen molar-refractivity contribution in [2.75, 3.05) is 0 Å². The number of hydrogen-bond donors (Lipinski definition) is 0. The van der Waals surface area contributed by atoms with Crippen LogP contribution in [0.25, 0.3) is 11.1 Å². The minimum Gasteiger partial charge on any atom is -0.0599 e. The molecule has 0 fully saturated rings. The summed E-state index contributed by atoms with van der Waals surface area (Å²) < 4.78 is 0. The molecular weight excluding hydrogens is 204 g/mol. The summed E-state index contributed by atoms with van der Waals surface area (Å²) in [6.45, 7) is 6.82. The fourth-order valence-electron chi connectivity index (χ4n) is 2.01. The van der Waals surface area contributed by atoms with Crippen LogP contribution in [0.15, 0.2) is 48.5 Å². The van der Waals surface area contributed by atoms with Crippen molar-refractivity contribution >= 4 is 0 Å². The van der Waals surface area contributed by atoms with Gasteiger partial charge in [-0.1, -0.05) is 69.3 Å². The molecule has 0 aromatic heterocycles. The van der Waals surface area contributed by atoms with E-state index in [2.05, 4.69) is 63.2 Å². The van der Waals surface area contributed by atoms with Crippen molar-refractivity contribution in [1.29, 1.82) is 0 Å². The molecule has 0 heterocycles. The van der Waals surface area contributed by atoms with Gasteiger partial charge in [0.2, 0.25) is 0 Å². The van der Waals surface area contributed by atoms with Gasteiger partial charge in [0.15, 0.2) is 0 Å². The summed E-state index contributed by atoms with van der Waals surface area (Å²) in [5.74, 6) is 0. The molecular formula is C17H19. The number of benzene rings is 2. The highest BCUT2D eigenvalue weighted by Crippen LogP contribution is 2.23. The second-order valence-corrected chi connectivity index (χ2v) is 5.72. The maximum Gasteiger partial charge on any atom is -0.0184 e. The summed E-state index contributed by atoms with van der Waals surface area (Å²) in [4.78, 5) is 0. The van der Waals surface area contributed by atoms with Crippen molar-refractivity contribution in [2.45, 2.75) is 27.2 Å². The SMILES string of the molecule is CC(C)(C)Cc1ccc(-c2cc[c]cc2)cc1. The van der Waals surface area contributed by atoms with Gasteiger partial charge >= 0.3 is 0 Å². The molecule has 0 spiro atoms. The van der Waals surface area contributed by atoms with Crippen molar-refractivity contribution in [3.8, 4) is 11.1 Å². The van der Waals surface area contributed by atoms with E-state index in [9.17, 15) is 0 Å². The monoisotopic (exact) mass is 223 g/mol. The van der Waals surface area contributed by atoms with Crippen LogP contribution in [0.1, 0.15) is 26.3 Å². The maximum atomic E-state index is 3.04. The molecule has 0 atom stereocenters. The zero-order valence-corrected chi connectivity index (χ0v) is 10.8. The molecule has 87 valence electrons. The van der Waals surface area contributed by atoms with Crippen LogP contribution >= 0.6 is 0 Å². The van der Waals surface area contributed by atoms with E-state index in [1.165, 1.54) is 16.7 Å². The van der Waals surface area contributed by atoms with Crippen LogP contribution in [0.4, 0.5) is 0 Å². The van der Waals surface area contributed by atoms with Gasteiger partial charge in [-0.3, -0.25) is 0 Å². The summed E-state index contributed by atoms with van der Waals surface area (Å²) in [7, 11) is 0. The molecule has 2 aromatic carbocycles. The van der Waals surface area contributed by atoms with Crippen molar-refractivity contribution in [2.24, 2.45) is 5.41 Å². The summed E-state index contributed by atoms with van der Waals surface area (Å²) in [5.41, 5.74) is 4.29. The lowest BCUT2D eigenvalue weighted by atomic mass is 9.88. The molecule has 0 heteroatoms. The minimum absolute atomic E-state index is 0.350. The minimum atomic E-state index is 0.350. The van der Waals surface area contributed by atoms with Crippen molar-refractivity contribution in [1.82, 2.24) is 0 Å². The van der Waals surface area contributed by atoms with E-state index in [4.69, 9.17) is 0 Å². The highest BCUT2D eigenvalue weighted by Gasteiger charge is 2.10. The van der Waals surface area contributed by atoms with E-state index in [1.54, 1.807) is 0 Å². The molecule has 0 N–H and O–H groups in total. The summed E-state index contributed by atoms with van der Waals surface area (Å²) in [5, 5.41) is 0. The molecule has 0 bridgehead atoms. The van der Waals surface area contributed by atoms with Crippen molar-refractivity contribution < 1.29 is 0 Å². The molecule has 0 saturated carbocycles. The predicted molar refractivity (Wildman–Crippen MR) is 73.9 cm³/mol. The van der Waals surface area contributed by atoms with Gasteiger partial charge < -0.3 is 0 Å². The van der Waals surface area contributed by atoms with E-state index in [1.807, 2.05) is 12.1 Å². The Morgan fingerprint density at radius 3 is 1.88 bits per heavy atom. The second kappa shape index (κ2) is 4.75. The van der Waals surface area contributed by atoms with E-state index in [0.717, 1.165) is 6.42 Å². The first-order chi connectivity index (χ1) is 8.04. The summed E-state index contributed by atoms with van der Waals surface area (Å²) >= 11 is 0. The van der Waals surface area contributed by atoms with Crippen LogP contribution in [-0.2, 0) is 6.42 Å². The number of hydrogen-bond acceptors (Lipinski definition) is 0. The van der Waals surface area contributed by atoms with Crippen molar-refractivity contribution in [3.05, 3.63) is 60.2 Å². The van der Waals surface area contributed by atoms with E-state index < -0.39 is 0 Å². The fraction of sp³-hybridized carbons (Fsp3) is 0.294. The first kappa shape index (κ1) is 11.9. The Kier molecular flexibility index (Phi) is 3.33. The molecule has 0 amide bonds. The third kappa shape index (κ3) is 3.45. The highest BCUT2D eigenvalue weighted by molar-refractivity contribution is 5.63. The topological polar surface area (TPSA) is 0 Å². The van der Waals surface area contributed by atoms with Gasteiger partial charge in [0.1, 0.15) is 0 Å². The molecule has 2 rings (SSSR count). The summed E-state index contributed by atoms with van der Waals surface area (Å²) in [6, 6.07) is 20.0. The lowest BCUT2D eigenvalue weighted by molar-refractivity contribution is 0.411. The summed E-state index contributed by atoms with van der Waals surface area (Å²) in [6.07, 6.45) is 1.12. The largest absolute Gasteiger partial charge is 0.0599 e. The van der Waals surface area contributed by atoms with E-state index in [-0.39, 0.29) is 0 Å². The molecule has 2 aromatic rings. The predicted octanol–water partition coefficient (Wildman–Crippen LogP) is 4.74. The lowest BCUT2D eigenvalue weighted by Gasteiger charge is -2.18. The second-order valence-electron chi connectivity index (χ2n) is 5.72. The van der Waals surface area contributed by atoms with Crippen LogP contribution in [0.2, 0.25) is 0 Å². The Hall–Kier alpha value is -1.56. The standard InChI is InChI=1S/C17H19/c1-17(2,3)13-14-9-11-16(12-10-14)15-7-5-4-6-8-15/h5-12H,13H2,1-3H3. The van der Waals surface area contributed by atoms with E-state index in [0.29, 0.717) is 5.41 Å². The highest BCUT2D eigenvalue weighted by atomic mass is 14.2. The smallest absolute Gasteiger partial charge is 0.0184 e. The molecule has 0 aliphatic carbocycles. The number of rotatable bonds is 2. The lowest BCUT2D eigenvalue weighted by Crippen LogP contribution is -2.08. The normalized spacial score (nSPS) is 11.5. The quantitative estimate of drug-likeness (QED) is 0.689. The Morgan fingerprint density at radius 1 is 0.824 bits per heavy atom. The van der Waals surface area contributed by atoms with Crippen LogP contribution in [-0.4, -0.2) is 0 Å². The van der Waals surface area contributed by atoms with Gasteiger partial charge in [-0.25, -0.2) is 0 Å². The average molecular weight is 223 g/mol. The van der Waals surface area contributed by atoms with Crippen LogP contribution in [0, 0.1) is 11.5 Å². The first-order valence-corrected chi connectivity index (χ1v) is 6.10. The third-order valence-electron chi connectivity index (χ3n) is 2.74. The van der Waals surface area contributed by atoms with Crippen LogP contribution in [0.3, 0.4) is 0 Å². The van der Waals surface area contributed by atoms with Gasteiger partial charge in [-0.15, -0.1) is 0 Å². The molecule has 17 heavy (non-hydrogen) atoms. The molecule has 1 radical (unpaired) electrons. The zero-order chi connectivity index (χ0) is 12.3. The average Bonchev–Trinajstić information content (AvgIpc) is 2.29. The van der Waals surface area contributed by atoms with E-state index >= 15 is 0 Å². The third-order valence-corrected chi connectivity index (χ3v) is 2.74. The maximum absolute atomic E-state index is 3.04. The van der Waals surface area contributed by atoms with Gasteiger partial charge in [0.05, 0.1) is 0 Å². The van der Waals surface area contributed by atoms with Crippen LogP contribution in [0.5, 0.6) is 0 Å². The Balaban J connectivity index is 2.19. The molecule has 0 nitrogen and oxygen atoms in total. The van der Waals surface area contributed by atoms with Crippen LogP contribution < -0.4 is 0 Å². The van der Waals surface area contributed by atoms with Crippen molar-refractivity contribution in [3.63, 3.8) is 0 Å². The molecule has 0 unspecified atom stereocenters. The Morgan fingerprint density at radius 2 is 1.35 bits per heavy atom.